The van der Waals surface area contributed by atoms with Crippen LogP contribution in [-0.2, 0) is 18.4 Å². The maximum absolute atomic E-state index is 14.0. The molecule has 1 aliphatic rings. The van der Waals surface area contributed by atoms with Crippen LogP contribution in [0, 0.1) is 11.8 Å². The van der Waals surface area contributed by atoms with Gasteiger partial charge in [-0.2, -0.15) is 0 Å². The molecule has 4 aromatic carbocycles. The molecule has 0 aromatic heterocycles. The highest BCUT2D eigenvalue weighted by Crippen LogP contribution is 2.43. The summed E-state index contributed by atoms with van der Waals surface area (Å²) >= 11 is 0. The molecule has 0 bridgehead atoms. The summed E-state index contributed by atoms with van der Waals surface area (Å²) in [6.45, 7) is 15.9. The fourth-order valence-electron chi connectivity index (χ4n) is 8.68. The van der Waals surface area contributed by atoms with Crippen LogP contribution in [0.25, 0.3) is 0 Å². The third-order valence-electron chi connectivity index (χ3n) is 11.3. The number of benzene rings is 4. The molecule has 5 rings (SSSR count). The minimum absolute atomic E-state index is 0.00941. The lowest BCUT2D eigenvalue weighted by molar-refractivity contribution is -0.126. The number of carbonyl (C=O) groups excluding carboxylic acids is 2. The first kappa shape index (κ1) is 41.3. The normalized spacial score (nSPS) is 18.9. The summed E-state index contributed by atoms with van der Waals surface area (Å²) in [5.41, 5.74) is 5.85. The predicted molar refractivity (Wildman–Crippen MR) is 229 cm³/mol. The van der Waals surface area contributed by atoms with E-state index in [0.29, 0.717) is 0 Å². The van der Waals surface area contributed by atoms with Crippen molar-refractivity contribution in [3.8, 4) is 0 Å². The topological polar surface area (TPSA) is 78.6 Å². The Morgan fingerprint density at radius 3 is 1.54 bits per heavy atom. The molecule has 286 valence electrons. The third-order valence-corrected chi connectivity index (χ3v) is 21.4. The van der Waals surface area contributed by atoms with Gasteiger partial charge in [0.05, 0.1) is 12.2 Å². The Hall–Kier alpha value is -3.89. The molecule has 1 saturated carbocycles. The van der Waals surface area contributed by atoms with Crippen molar-refractivity contribution in [2.75, 3.05) is 0 Å². The first-order chi connectivity index (χ1) is 25.7. The zero-order chi connectivity index (χ0) is 39.0. The van der Waals surface area contributed by atoms with Crippen molar-refractivity contribution in [3.05, 3.63) is 133 Å². The Morgan fingerprint density at radius 1 is 0.722 bits per heavy atom. The number of carbonyl (C=O) groups is 2. The van der Waals surface area contributed by atoms with Crippen LogP contribution in [0.15, 0.2) is 133 Å². The zero-order valence-electron chi connectivity index (χ0n) is 33.5. The Bertz CT molecular complexity index is 1740. The van der Waals surface area contributed by atoms with Crippen LogP contribution in [0.4, 0.5) is 0 Å². The molecule has 3 unspecified atom stereocenters. The van der Waals surface area contributed by atoms with Crippen molar-refractivity contribution >= 4 is 49.1 Å². The number of hydrogen-bond donors (Lipinski definition) is 1. The van der Waals surface area contributed by atoms with Crippen molar-refractivity contribution in [1.82, 2.24) is 0 Å². The van der Waals surface area contributed by atoms with Crippen molar-refractivity contribution in [2.45, 2.75) is 109 Å². The van der Waals surface area contributed by atoms with Gasteiger partial charge in [0.25, 0.3) is 16.6 Å². The Morgan fingerprint density at radius 2 is 1.15 bits per heavy atom. The molecule has 5 nitrogen and oxygen atoms in total. The van der Waals surface area contributed by atoms with E-state index < -0.39 is 34.6 Å². The van der Waals surface area contributed by atoms with Gasteiger partial charge in [-0.3, -0.25) is 9.59 Å². The maximum atomic E-state index is 14.0. The molecule has 0 saturated heterocycles. The van der Waals surface area contributed by atoms with Gasteiger partial charge >= 0.3 is 0 Å². The number of nitrogens with two attached hydrogens (primary N) is 1. The number of primary amides is 1. The van der Waals surface area contributed by atoms with Gasteiger partial charge in [-0.05, 0) is 37.2 Å². The number of ketones is 1. The van der Waals surface area contributed by atoms with Gasteiger partial charge in [0, 0.05) is 24.7 Å². The van der Waals surface area contributed by atoms with Crippen molar-refractivity contribution < 1.29 is 18.4 Å². The summed E-state index contributed by atoms with van der Waals surface area (Å²) in [6.07, 6.45) is 7.98. The van der Waals surface area contributed by atoms with Gasteiger partial charge in [0.1, 0.15) is 5.78 Å². The van der Waals surface area contributed by atoms with Gasteiger partial charge in [-0.1, -0.05) is 201 Å². The fraction of sp³-hybridized carbons (Fsp3) is 0.404. The van der Waals surface area contributed by atoms with Gasteiger partial charge < -0.3 is 14.6 Å². The minimum atomic E-state index is -3.02. The summed E-state index contributed by atoms with van der Waals surface area (Å²) in [5.74, 6) is -1.35. The SMILES string of the molecule is CCCCC[C@@H](C=CC1C(O[Si](c2ccccc2)(c2ccccc2)C(C)(C)C)CC(=O)C1CC(N)=O)O[Si](c1ccccc1)(c1ccccc1)C(C)(C)C. The molecule has 0 spiro atoms. The van der Waals surface area contributed by atoms with E-state index in [1.54, 1.807) is 0 Å². The average Bonchev–Trinajstić information content (AvgIpc) is 3.43. The molecule has 54 heavy (non-hydrogen) atoms. The van der Waals surface area contributed by atoms with E-state index in [1.807, 2.05) is 12.1 Å². The summed E-state index contributed by atoms with van der Waals surface area (Å²) in [4.78, 5) is 26.6. The highest BCUT2D eigenvalue weighted by molar-refractivity contribution is 7.00. The lowest BCUT2D eigenvalue weighted by Gasteiger charge is -2.45. The van der Waals surface area contributed by atoms with Gasteiger partial charge in [-0.15, -0.1) is 0 Å². The van der Waals surface area contributed by atoms with Crippen LogP contribution in [0.2, 0.25) is 10.1 Å². The number of hydrogen-bond acceptors (Lipinski definition) is 4. The van der Waals surface area contributed by atoms with E-state index in [-0.39, 0.29) is 40.7 Å². The van der Waals surface area contributed by atoms with Crippen molar-refractivity contribution in [1.29, 1.82) is 0 Å². The van der Waals surface area contributed by atoms with Gasteiger partial charge in [0.2, 0.25) is 5.91 Å². The summed E-state index contributed by atoms with van der Waals surface area (Å²) in [6, 6.07) is 42.6. The second-order valence-electron chi connectivity index (χ2n) is 17.0. The van der Waals surface area contributed by atoms with E-state index in [1.165, 1.54) is 10.4 Å². The Balaban J connectivity index is 1.64. The third kappa shape index (κ3) is 8.81. The Kier molecular flexibility index (Phi) is 13.5. The molecule has 4 aromatic rings. The fourth-order valence-corrected chi connectivity index (χ4v) is 18.1. The molecule has 1 aliphatic carbocycles. The van der Waals surface area contributed by atoms with Crippen molar-refractivity contribution in [2.24, 2.45) is 17.6 Å². The minimum Gasteiger partial charge on any atom is -0.403 e. The number of rotatable bonds is 16. The first-order valence-corrected chi connectivity index (χ1v) is 23.6. The quantitative estimate of drug-likeness (QED) is 0.0712. The lowest BCUT2D eigenvalue weighted by Crippen LogP contribution is -2.68. The standard InChI is InChI=1S/C47H61NO4Si2/c1-8-9-14-23-36(51-53(46(2,3)4,37-24-15-10-16-25-37)38-26-17-11-18-27-38)32-33-41-42(34-45(48)50)43(49)35-44(41)52-54(47(5,6)7,39-28-19-12-20-29-39)40-30-21-13-22-31-40/h10-13,15-22,24-33,36,41-42,44H,8-9,14,23,34-35H2,1-7H3,(H2,48,50)/t36-,41?,42?,44?/m0/s1. The summed E-state index contributed by atoms with van der Waals surface area (Å²) < 4.78 is 15.3. The van der Waals surface area contributed by atoms with Crippen LogP contribution >= 0.6 is 0 Å². The van der Waals surface area contributed by atoms with Crippen LogP contribution < -0.4 is 26.5 Å². The highest BCUT2D eigenvalue weighted by Gasteiger charge is 2.55. The molecule has 2 N–H and O–H groups in total. The van der Waals surface area contributed by atoms with Gasteiger partial charge in [-0.25, -0.2) is 0 Å². The van der Waals surface area contributed by atoms with Crippen LogP contribution in [0.3, 0.4) is 0 Å². The van der Waals surface area contributed by atoms with E-state index in [2.05, 4.69) is 170 Å². The van der Waals surface area contributed by atoms with Crippen LogP contribution in [0.1, 0.15) is 87.0 Å². The summed E-state index contributed by atoms with van der Waals surface area (Å²) in [5, 5.41) is 4.30. The largest absolute Gasteiger partial charge is 0.403 e. The molecule has 1 fully saturated rings. The molecule has 1 amide bonds. The van der Waals surface area contributed by atoms with Crippen molar-refractivity contribution in [3.63, 3.8) is 0 Å². The molecule has 4 atom stereocenters. The zero-order valence-corrected chi connectivity index (χ0v) is 35.5. The van der Waals surface area contributed by atoms with E-state index >= 15 is 0 Å². The molecule has 0 aliphatic heterocycles. The second-order valence-corrected chi connectivity index (χ2v) is 25.6. The van der Waals surface area contributed by atoms with Crippen LogP contribution in [0.5, 0.6) is 0 Å². The maximum Gasteiger partial charge on any atom is 0.261 e. The number of Topliss-reactive ketones (excluding diaryl/α,β-unsaturated/α-hetero) is 1. The predicted octanol–water partition coefficient (Wildman–Crippen LogP) is 8.09. The second kappa shape index (κ2) is 17.7. The van der Waals surface area contributed by atoms with E-state index in [9.17, 15) is 9.59 Å². The average molecular weight is 760 g/mol. The molecule has 7 heteroatoms. The Labute approximate surface area is 326 Å². The van der Waals surface area contributed by atoms with Crippen LogP contribution in [-0.4, -0.2) is 40.5 Å². The number of amides is 1. The van der Waals surface area contributed by atoms with Gasteiger partial charge in [0.15, 0.2) is 0 Å². The molecule has 0 radical (unpaired) electrons. The molecule has 0 heterocycles. The highest BCUT2D eigenvalue weighted by atomic mass is 28.4. The molecular weight excluding hydrogens is 699 g/mol. The van der Waals surface area contributed by atoms with E-state index in [0.717, 1.165) is 36.1 Å². The number of unbranched alkanes of at least 4 members (excludes halogenated alkanes) is 2. The summed E-state index contributed by atoms with van der Waals surface area (Å²) in [7, 11) is -5.91. The molecular formula is C47H61NO4Si2. The smallest absolute Gasteiger partial charge is 0.261 e. The lowest BCUT2D eigenvalue weighted by atomic mass is 9.90. The first-order valence-electron chi connectivity index (χ1n) is 19.8. The van der Waals surface area contributed by atoms with E-state index in [4.69, 9.17) is 14.6 Å². The monoisotopic (exact) mass is 759 g/mol.